The van der Waals surface area contributed by atoms with Gasteiger partial charge in [-0.05, 0) is 57.6 Å². The van der Waals surface area contributed by atoms with Crippen molar-refractivity contribution in [2.45, 2.75) is 63.1 Å². The summed E-state index contributed by atoms with van der Waals surface area (Å²) in [6.07, 6.45) is 6.05. The van der Waals surface area contributed by atoms with Gasteiger partial charge in [-0.15, -0.1) is 0 Å². The van der Waals surface area contributed by atoms with Crippen molar-refractivity contribution in [3.63, 3.8) is 0 Å². The molecule has 1 aliphatic heterocycles. The van der Waals surface area contributed by atoms with Gasteiger partial charge in [0.25, 0.3) is 0 Å². The Labute approximate surface area is 186 Å². The van der Waals surface area contributed by atoms with Crippen molar-refractivity contribution in [1.29, 1.82) is 0 Å². The average Bonchev–Trinajstić information content (AvgIpc) is 3.29. The smallest absolute Gasteiger partial charge is 0.348 e. The second-order valence-corrected chi connectivity index (χ2v) is 8.81. The molecule has 31 heavy (non-hydrogen) atoms. The van der Waals surface area contributed by atoms with Gasteiger partial charge in [0.05, 0.1) is 30.7 Å². The highest BCUT2D eigenvalue weighted by Crippen LogP contribution is 2.30. The summed E-state index contributed by atoms with van der Waals surface area (Å²) in [6, 6.07) is 7.38. The fourth-order valence-electron chi connectivity index (χ4n) is 4.22. The molecule has 2 heterocycles. The molecule has 1 aliphatic carbocycles. The van der Waals surface area contributed by atoms with Crippen molar-refractivity contribution in [3.8, 4) is 5.75 Å². The first-order valence-corrected chi connectivity index (χ1v) is 12.0. The quantitative estimate of drug-likeness (QED) is 0.497. The molecule has 1 atom stereocenters. The lowest BCUT2D eigenvalue weighted by molar-refractivity contribution is -0.113. The molecule has 1 N–H and O–H groups in total. The highest BCUT2D eigenvalue weighted by molar-refractivity contribution is 8.00. The van der Waals surface area contributed by atoms with E-state index in [0.717, 1.165) is 56.4 Å². The minimum absolute atomic E-state index is 0.0974. The van der Waals surface area contributed by atoms with E-state index in [2.05, 4.69) is 10.3 Å². The van der Waals surface area contributed by atoms with Crippen LogP contribution in [0.15, 0.2) is 34.1 Å². The zero-order valence-electron chi connectivity index (χ0n) is 17.9. The molecule has 2 aromatic rings. The Bertz CT molecular complexity index is 985. The molecule has 1 aromatic heterocycles. The summed E-state index contributed by atoms with van der Waals surface area (Å²) in [6.45, 7) is 3.78. The van der Waals surface area contributed by atoms with Crippen LogP contribution >= 0.6 is 11.8 Å². The number of aromatic nitrogens is 2. The summed E-state index contributed by atoms with van der Waals surface area (Å²) in [5, 5.41) is 3.60. The third-order valence-corrected chi connectivity index (χ3v) is 6.68. The lowest BCUT2D eigenvalue weighted by Gasteiger charge is -2.24. The monoisotopic (exact) mass is 443 g/mol. The van der Waals surface area contributed by atoms with Crippen LogP contribution in [-0.4, -0.2) is 40.5 Å². The Morgan fingerprint density at radius 1 is 1.29 bits per heavy atom. The van der Waals surface area contributed by atoms with Crippen LogP contribution in [0.3, 0.4) is 0 Å². The van der Waals surface area contributed by atoms with Gasteiger partial charge in [-0.1, -0.05) is 23.9 Å². The normalized spacial score (nSPS) is 17.9. The van der Waals surface area contributed by atoms with E-state index >= 15 is 0 Å². The zero-order valence-corrected chi connectivity index (χ0v) is 18.7. The number of nitrogens with zero attached hydrogens (tertiary/aromatic N) is 2. The topological polar surface area (TPSA) is 82.5 Å². The number of hydrogen-bond donors (Lipinski definition) is 1. The number of benzene rings is 1. The molecule has 8 heteroatoms. The summed E-state index contributed by atoms with van der Waals surface area (Å²) in [7, 11) is 0. The summed E-state index contributed by atoms with van der Waals surface area (Å²) in [4.78, 5) is 29.8. The van der Waals surface area contributed by atoms with Gasteiger partial charge in [-0.2, -0.15) is 4.98 Å². The number of thioether (sulfide) groups is 1. The van der Waals surface area contributed by atoms with E-state index in [1.54, 1.807) is 0 Å². The van der Waals surface area contributed by atoms with Crippen molar-refractivity contribution in [3.05, 3.63) is 46.0 Å². The summed E-state index contributed by atoms with van der Waals surface area (Å²) in [5.41, 5.74) is 2.61. The molecule has 0 bridgehead atoms. The van der Waals surface area contributed by atoms with Crippen LogP contribution in [0.4, 0.5) is 5.69 Å². The number of para-hydroxylation sites is 2. The standard InChI is InChI=1S/C23H29N3O4S/c1-2-29-20-12-6-4-10-18(20)24-21(27)15-31-22-17-9-3-5-11-19(17)26(23(28)25-22)14-16-8-7-13-30-16/h4,6,10,12,16H,2-3,5,7-9,11,13-15H2,1H3,(H,24,27). The fourth-order valence-corrected chi connectivity index (χ4v) is 5.10. The number of carbonyl (C=O) groups is 1. The van der Waals surface area contributed by atoms with Crippen molar-refractivity contribution >= 4 is 23.4 Å². The number of nitrogens with one attached hydrogen (secondary N) is 1. The first-order valence-electron chi connectivity index (χ1n) is 11.0. The first kappa shape index (κ1) is 21.9. The highest BCUT2D eigenvalue weighted by atomic mass is 32.2. The number of carbonyl (C=O) groups excluding carboxylic acids is 1. The number of fused-ring (bicyclic) bond motifs is 1. The number of rotatable bonds is 8. The van der Waals surface area contributed by atoms with Gasteiger partial charge in [0.1, 0.15) is 10.8 Å². The van der Waals surface area contributed by atoms with Crippen molar-refractivity contribution in [1.82, 2.24) is 9.55 Å². The summed E-state index contributed by atoms with van der Waals surface area (Å²) in [5.74, 6) is 0.692. The van der Waals surface area contributed by atoms with Gasteiger partial charge in [-0.3, -0.25) is 9.36 Å². The van der Waals surface area contributed by atoms with Crippen LogP contribution < -0.4 is 15.7 Å². The zero-order chi connectivity index (χ0) is 21.6. The van der Waals surface area contributed by atoms with E-state index in [4.69, 9.17) is 9.47 Å². The number of amides is 1. The van der Waals surface area contributed by atoms with Gasteiger partial charge >= 0.3 is 5.69 Å². The van der Waals surface area contributed by atoms with Crippen LogP contribution in [0, 0.1) is 0 Å². The molecule has 7 nitrogen and oxygen atoms in total. The van der Waals surface area contributed by atoms with Crippen molar-refractivity contribution in [2.24, 2.45) is 0 Å². The fraction of sp³-hybridized carbons (Fsp3) is 0.522. The number of hydrogen-bond acceptors (Lipinski definition) is 6. The van der Waals surface area contributed by atoms with Crippen LogP contribution in [0.5, 0.6) is 5.75 Å². The third-order valence-electron chi connectivity index (χ3n) is 5.66. The van der Waals surface area contributed by atoms with E-state index in [0.29, 0.717) is 29.6 Å². The highest BCUT2D eigenvalue weighted by Gasteiger charge is 2.24. The van der Waals surface area contributed by atoms with Gasteiger partial charge < -0.3 is 14.8 Å². The van der Waals surface area contributed by atoms with Crippen molar-refractivity contribution < 1.29 is 14.3 Å². The van der Waals surface area contributed by atoms with Crippen LogP contribution in [0.2, 0.25) is 0 Å². The van der Waals surface area contributed by atoms with Crippen LogP contribution in [0.1, 0.15) is 43.9 Å². The first-order chi connectivity index (χ1) is 15.2. The molecule has 0 radical (unpaired) electrons. The molecule has 0 spiro atoms. The Balaban J connectivity index is 1.48. The maximum Gasteiger partial charge on any atom is 0.348 e. The summed E-state index contributed by atoms with van der Waals surface area (Å²) >= 11 is 1.34. The Hall–Kier alpha value is -2.32. The maximum atomic E-state index is 12.8. The van der Waals surface area contributed by atoms with E-state index < -0.39 is 0 Å². The molecule has 1 saturated heterocycles. The predicted octanol–water partition coefficient (Wildman–Crippen LogP) is 3.43. The lowest BCUT2D eigenvalue weighted by Crippen LogP contribution is -2.34. The van der Waals surface area contributed by atoms with Crippen LogP contribution in [-0.2, 0) is 28.9 Å². The Morgan fingerprint density at radius 2 is 2.13 bits per heavy atom. The number of ether oxygens (including phenoxy) is 2. The summed E-state index contributed by atoms with van der Waals surface area (Å²) < 4.78 is 13.1. The van der Waals surface area contributed by atoms with E-state index in [1.165, 1.54) is 11.8 Å². The minimum atomic E-state index is -0.235. The maximum absolute atomic E-state index is 12.8. The van der Waals surface area contributed by atoms with Gasteiger partial charge in [0, 0.05) is 17.9 Å². The SMILES string of the molecule is CCOc1ccccc1NC(=O)CSc1nc(=O)n(CC2CCCO2)c2c1CCCC2. The molecule has 1 amide bonds. The third kappa shape index (κ3) is 5.30. The molecule has 1 aromatic carbocycles. The average molecular weight is 444 g/mol. The van der Waals surface area contributed by atoms with Crippen molar-refractivity contribution in [2.75, 3.05) is 24.3 Å². The van der Waals surface area contributed by atoms with Gasteiger partial charge in [-0.25, -0.2) is 4.79 Å². The molecular formula is C23H29N3O4S. The van der Waals surface area contributed by atoms with E-state index in [1.807, 2.05) is 35.8 Å². The second-order valence-electron chi connectivity index (χ2n) is 7.84. The minimum Gasteiger partial charge on any atom is -0.492 e. The van der Waals surface area contributed by atoms with Gasteiger partial charge in [0.2, 0.25) is 5.91 Å². The molecule has 1 fully saturated rings. The van der Waals surface area contributed by atoms with Crippen LogP contribution in [0.25, 0.3) is 0 Å². The molecular weight excluding hydrogens is 414 g/mol. The van der Waals surface area contributed by atoms with E-state index in [9.17, 15) is 9.59 Å². The van der Waals surface area contributed by atoms with Gasteiger partial charge in [0.15, 0.2) is 0 Å². The Kier molecular flexibility index (Phi) is 7.29. The van der Waals surface area contributed by atoms with E-state index in [-0.39, 0.29) is 23.5 Å². The molecule has 4 rings (SSSR count). The largest absolute Gasteiger partial charge is 0.492 e. The second kappa shape index (κ2) is 10.3. The molecule has 2 aliphatic rings. The molecule has 1 unspecified atom stereocenters. The predicted molar refractivity (Wildman–Crippen MR) is 121 cm³/mol. The molecule has 166 valence electrons. The molecule has 0 saturated carbocycles. The Morgan fingerprint density at radius 3 is 2.94 bits per heavy atom. The number of anilines is 1. The lowest BCUT2D eigenvalue weighted by atomic mass is 9.97.